The minimum atomic E-state index is -1.12. The van der Waals surface area contributed by atoms with E-state index in [4.69, 9.17) is 19.4 Å². The summed E-state index contributed by atoms with van der Waals surface area (Å²) >= 11 is 0. The summed E-state index contributed by atoms with van der Waals surface area (Å²) in [4.78, 5) is 14.5. The molecule has 2 aliphatic heterocycles. The largest absolute Gasteiger partial charge is 0.474 e. The Kier molecular flexibility index (Phi) is 8.69. The minimum absolute atomic E-state index is 0.0194. The fourth-order valence-corrected chi connectivity index (χ4v) is 5.38. The van der Waals surface area contributed by atoms with Crippen molar-refractivity contribution in [1.82, 2.24) is 20.2 Å². The van der Waals surface area contributed by atoms with E-state index in [1.165, 1.54) is 0 Å². The van der Waals surface area contributed by atoms with E-state index in [0.717, 1.165) is 37.7 Å². The second-order valence-corrected chi connectivity index (χ2v) is 10.4. The van der Waals surface area contributed by atoms with Crippen molar-refractivity contribution in [2.75, 3.05) is 73.5 Å². The number of aliphatic hydroxyl groups is 1. The minimum Gasteiger partial charge on any atom is -0.474 e. The number of nitrogens with zero attached hydrogens (tertiary/aromatic N) is 6. The van der Waals surface area contributed by atoms with Crippen LogP contribution in [0.15, 0.2) is 17.0 Å². The van der Waals surface area contributed by atoms with Crippen LogP contribution in [0.2, 0.25) is 0 Å². The average Bonchev–Trinajstić information content (AvgIpc) is 3.26. The maximum absolute atomic E-state index is 12.6. The van der Waals surface area contributed by atoms with Crippen LogP contribution in [0.25, 0.3) is 0 Å². The molecule has 192 valence electrons. The molecular formula is C23H35N7O4S. The Morgan fingerprint density at radius 3 is 2.54 bits per heavy atom. The van der Waals surface area contributed by atoms with Gasteiger partial charge in [0.1, 0.15) is 17.3 Å². The van der Waals surface area contributed by atoms with Crippen LogP contribution in [-0.2, 0) is 22.0 Å². The van der Waals surface area contributed by atoms with Gasteiger partial charge in [-0.05, 0) is 18.9 Å². The van der Waals surface area contributed by atoms with E-state index in [9.17, 15) is 9.32 Å². The first-order chi connectivity index (χ1) is 17.0. The first kappa shape index (κ1) is 25.5. The third-order valence-corrected chi connectivity index (χ3v) is 7.65. The molecule has 2 aromatic heterocycles. The molecule has 2 atom stereocenters. The second kappa shape index (κ2) is 11.9. The summed E-state index contributed by atoms with van der Waals surface area (Å²) in [5.41, 5.74) is 0.838. The fourth-order valence-electron chi connectivity index (χ4n) is 4.07. The molecule has 4 rings (SSSR count). The molecule has 0 saturated carbocycles. The van der Waals surface area contributed by atoms with Gasteiger partial charge in [-0.2, -0.15) is 4.98 Å². The molecule has 11 nitrogen and oxygen atoms in total. The molecule has 35 heavy (non-hydrogen) atoms. The number of nitrogens with one attached hydrogen (secondary N) is 1. The van der Waals surface area contributed by atoms with Gasteiger partial charge in [0.15, 0.2) is 5.82 Å². The standard InChI is InChI=1S/C23H35N7O4S/c1-4-33-12-13-34-20-6-5-19(27-28-20)29-8-10-30(11-9-29)23-25-17-7-14-35(32)21(17)22(26-23)24-18(15-31)16(2)3/h5-6,16,18,31H,4,7-15H2,1-3H3,(H,24,25,26). The Bertz CT molecular complexity index is 1000. The van der Waals surface area contributed by atoms with Crippen LogP contribution in [0.4, 0.5) is 17.6 Å². The molecular weight excluding hydrogens is 470 g/mol. The predicted molar refractivity (Wildman–Crippen MR) is 135 cm³/mol. The van der Waals surface area contributed by atoms with E-state index in [1.54, 1.807) is 0 Å². The quantitative estimate of drug-likeness (QED) is 0.426. The molecule has 2 N–H and O–H groups in total. The summed E-state index contributed by atoms with van der Waals surface area (Å²) < 4.78 is 23.4. The maximum Gasteiger partial charge on any atom is 0.233 e. The van der Waals surface area contributed by atoms with Gasteiger partial charge in [-0.15, -0.1) is 10.2 Å². The highest BCUT2D eigenvalue weighted by Gasteiger charge is 2.29. The van der Waals surface area contributed by atoms with Crippen LogP contribution in [0.3, 0.4) is 0 Å². The van der Waals surface area contributed by atoms with E-state index in [-0.39, 0.29) is 18.6 Å². The molecule has 4 heterocycles. The van der Waals surface area contributed by atoms with Crippen molar-refractivity contribution in [2.45, 2.75) is 38.1 Å². The summed E-state index contributed by atoms with van der Waals surface area (Å²) in [5, 5.41) is 21.6. The Labute approximate surface area is 208 Å². The van der Waals surface area contributed by atoms with Crippen molar-refractivity contribution in [3.63, 3.8) is 0 Å². The van der Waals surface area contributed by atoms with Gasteiger partial charge in [0.05, 0.1) is 35.7 Å². The van der Waals surface area contributed by atoms with Crippen molar-refractivity contribution in [2.24, 2.45) is 5.92 Å². The number of aryl methyl sites for hydroxylation is 1. The lowest BCUT2D eigenvalue weighted by Gasteiger charge is -2.35. The van der Waals surface area contributed by atoms with Crippen LogP contribution < -0.4 is 19.9 Å². The normalized spacial score (nSPS) is 18.6. The van der Waals surface area contributed by atoms with Crippen molar-refractivity contribution >= 4 is 28.4 Å². The number of aromatic nitrogens is 4. The van der Waals surface area contributed by atoms with Crippen molar-refractivity contribution in [3.8, 4) is 5.88 Å². The monoisotopic (exact) mass is 505 g/mol. The number of rotatable bonds is 11. The van der Waals surface area contributed by atoms with Crippen molar-refractivity contribution < 1.29 is 18.8 Å². The molecule has 1 saturated heterocycles. The molecule has 2 unspecified atom stereocenters. The van der Waals surface area contributed by atoms with Gasteiger partial charge >= 0.3 is 0 Å². The number of hydrogen-bond acceptors (Lipinski definition) is 11. The third-order valence-electron chi connectivity index (χ3n) is 6.19. The highest BCUT2D eigenvalue weighted by Crippen LogP contribution is 2.31. The number of ether oxygens (including phenoxy) is 2. The number of anilines is 3. The van der Waals surface area contributed by atoms with E-state index >= 15 is 0 Å². The summed E-state index contributed by atoms with van der Waals surface area (Å²) in [6.45, 7) is 10.6. The molecule has 1 fully saturated rings. The molecule has 0 amide bonds. The smallest absolute Gasteiger partial charge is 0.233 e. The molecule has 2 aromatic rings. The van der Waals surface area contributed by atoms with Gasteiger partial charge in [0, 0.05) is 51.0 Å². The molecule has 0 bridgehead atoms. The van der Waals surface area contributed by atoms with E-state index in [2.05, 4.69) is 25.3 Å². The molecule has 0 radical (unpaired) electrons. The number of aliphatic hydroxyl groups excluding tert-OH is 1. The zero-order valence-corrected chi connectivity index (χ0v) is 21.5. The molecule has 12 heteroatoms. The van der Waals surface area contributed by atoms with Crippen molar-refractivity contribution in [1.29, 1.82) is 0 Å². The predicted octanol–water partition coefficient (Wildman–Crippen LogP) is 1.10. The van der Waals surface area contributed by atoms with Gasteiger partial charge in [-0.25, -0.2) is 4.98 Å². The SMILES string of the molecule is CCOCCOc1ccc(N2CCN(c3nc4c(c(NC(CO)C(C)C)n3)S(=O)CC4)CC2)nn1. The van der Waals surface area contributed by atoms with Gasteiger partial charge < -0.3 is 29.7 Å². The van der Waals surface area contributed by atoms with Crippen molar-refractivity contribution in [3.05, 3.63) is 17.8 Å². The van der Waals surface area contributed by atoms with Gasteiger partial charge in [0.2, 0.25) is 11.8 Å². The lowest BCUT2D eigenvalue weighted by molar-refractivity contribution is 0.108. The summed E-state index contributed by atoms with van der Waals surface area (Å²) in [6.07, 6.45) is 0.673. The van der Waals surface area contributed by atoms with Crippen LogP contribution >= 0.6 is 0 Å². The Hall–Kier alpha value is -2.57. The zero-order chi connectivity index (χ0) is 24.8. The zero-order valence-electron chi connectivity index (χ0n) is 20.6. The third kappa shape index (κ3) is 6.17. The molecule has 0 aliphatic carbocycles. The number of hydrogen-bond donors (Lipinski definition) is 2. The first-order valence-electron chi connectivity index (χ1n) is 12.2. The fraction of sp³-hybridized carbons (Fsp3) is 0.652. The highest BCUT2D eigenvalue weighted by molar-refractivity contribution is 7.85. The van der Waals surface area contributed by atoms with E-state index in [1.807, 2.05) is 32.9 Å². The summed E-state index contributed by atoms with van der Waals surface area (Å²) in [6, 6.07) is 3.58. The maximum atomic E-state index is 12.6. The van der Waals surface area contributed by atoms with E-state index in [0.29, 0.717) is 54.5 Å². The Balaban J connectivity index is 1.41. The van der Waals surface area contributed by atoms with Crippen LogP contribution in [-0.4, -0.2) is 93.9 Å². The summed E-state index contributed by atoms with van der Waals surface area (Å²) in [7, 11) is -1.12. The van der Waals surface area contributed by atoms with Crippen LogP contribution in [0.5, 0.6) is 5.88 Å². The molecule has 0 spiro atoms. The lowest BCUT2D eigenvalue weighted by Crippen LogP contribution is -2.47. The number of piperazine rings is 1. The Morgan fingerprint density at radius 1 is 1.11 bits per heavy atom. The lowest BCUT2D eigenvalue weighted by atomic mass is 10.1. The van der Waals surface area contributed by atoms with Crippen LogP contribution in [0.1, 0.15) is 26.5 Å². The highest BCUT2D eigenvalue weighted by atomic mass is 32.2. The van der Waals surface area contributed by atoms with Gasteiger partial charge in [-0.3, -0.25) is 4.21 Å². The first-order valence-corrected chi connectivity index (χ1v) is 13.5. The van der Waals surface area contributed by atoms with Crippen LogP contribution in [0, 0.1) is 5.92 Å². The topological polar surface area (TPSA) is 126 Å². The average molecular weight is 506 g/mol. The molecule has 0 aromatic carbocycles. The van der Waals surface area contributed by atoms with Gasteiger partial charge in [0.25, 0.3) is 0 Å². The second-order valence-electron chi connectivity index (χ2n) is 8.87. The Morgan fingerprint density at radius 2 is 1.89 bits per heavy atom. The molecule has 2 aliphatic rings. The number of fused-ring (bicyclic) bond motifs is 1. The van der Waals surface area contributed by atoms with Gasteiger partial charge in [-0.1, -0.05) is 13.8 Å². The summed E-state index contributed by atoms with van der Waals surface area (Å²) in [5.74, 6) is 3.27. The van der Waals surface area contributed by atoms with E-state index < -0.39 is 10.8 Å².